The standard InChI is InChI=1S/C6H14O3S.Na.H2O.H/c1-2-3-4-5-6-10(7,8)9;;;/h2-6H2,1H3,(H,7,8,9);;1H2;. The average molecular weight is 208 g/mol. The van der Waals surface area contributed by atoms with Crippen LogP contribution in [0, 0.1) is 0 Å². The molecule has 0 aromatic carbocycles. The fraction of sp³-hybridized carbons (Fsp3) is 1.00. The van der Waals surface area contributed by atoms with E-state index in [0.717, 1.165) is 19.3 Å². The third-order valence-electron chi connectivity index (χ3n) is 1.26. The molecule has 0 aromatic rings. The second kappa shape index (κ2) is 9.95. The van der Waals surface area contributed by atoms with Crippen molar-refractivity contribution < 1.29 is 18.4 Å². The Balaban J connectivity index is -0.000000405. The van der Waals surface area contributed by atoms with Gasteiger partial charge in [-0.25, -0.2) is 0 Å². The van der Waals surface area contributed by atoms with Gasteiger partial charge >= 0.3 is 29.6 Å². The molecule has 0 atom stereocenters. The van der Waals surface area contributed by atoms with E-state index >= 15 is 0 Å². The molecule has 0 aliphatic carbocycles. The molecular formula is C6H17NaO4S. The summed E-state index contributed by atoms with van der Waals surface area (Å²) in [6.45, 7) is 2.05. The van der Waals surface area contributed by atoms with Crippen molar-refractivity contribution in [2.45, 2.75) is 32.6 Å². The maximum atomic E-state index is 10.1. The SMILES string of the molecule is CCCCCCS(=O)(=O)O.O.[NaH]. The quantitative estimate of drug-likeness (QED) is 0.391. The first-order chi connectivity index (χ1) is 4.56. The molecule has 0 saturated carbocycles. The number of hydrogen-bond donors (Lipinski definition) is 1. The molecule has 0 bridgehead atoms. The van der Waals surface area contributed by atoms with Gasteiger partial charge < -0.3 is 5.48 Å². The summed E-state index contributed by atoms with van der Waals surface area (Å²) in [5.74, 6) is -0.0903. The van der Waals surface area contributed by atoms with E-state index in [1.165, 1.54) is 0 Å². The average Bonchev–Trinajstić information content (AvgIpc) is 1.78. The summed E-state index contributed by atoms with van der Waals surface area (Å²) in [4.78, 5) is 0. The fourth-order valence-corrected chi connectivity index (χ4v) is 1.28. The van der Waals surface area contributed by atoms with E-state index in [4.69, 9.17) is 4.55 Å². The van der Waals surface area contributed by atoms with Crippen LogP contribution in [0.3, 0.4) is 0 Å². The third-order valence-corrected chi connectivity index (χ3v) is 2.06. The van der Waals surface area contributed by atoms with Crippen LogP contribution in [-0.2, 0) is 10.1 Å². The summed E-state index contributed by atoms with van der Waals surface area (Å²) in [6.07, 6.45) is 3.57. The van der Waals surface area contributed by atoms with Crippen molar-refractivity contribution in [2.75, 3.05) is 5.75 Å². The summed E-state index contributed by atoms with van der Waals surface area (Å²) >= 11 is 0. The van der Waals surface area contributed by atoms with Crippen LogP contribution in [0.4, 0.5) is 0 Å². The molecule has 0 heterocycles. The van der Waals surface area contributed by atoms with E-state index in [1.54, 1.807) is 0 Å². The Morgan fingerprint density at radius 3 is 2.00 bits per heavy atom. The van der Waals surface area contributed by atoms with Gasteiger partial charge in [-0.2, -0.15) is 8.42 Å². The molecule has 72 valence electrons. The minimum atomic E-state index is -3.70. The van der Waals surface area contributed by atoms with E-state index < -0.39 is 10.1 Å². The second-order valence-electron chi connectivity index (χ2n) is 2.35. The molecule has 12 heavy (non-hydrogen) atoms. The number of hydrogen-bond acceptors (Lipinski definition) is 2. The first-order valence-corrected chi connectivity index (χ1v) is 5.12. The number of rotatable bonds is 5. The Hall–Kier alpha value is 0.870. The Labute approximate surface area is 96.1 Å². The predicted octanol–water partition coefficient (Wildman–Crippen LogP) is -0.0187. The Morgan fingerprint density at radius 1 is 1.17 bits per heavy atom. The van der Waals surface area contributed by atoms with Gasteiger partial charge in [0.15, 0.2) is 0 Å². The van der Waals surface area contributed by atoms with Crippen molar-refractivity contribution >= 4 is 39.7 Å². The van der Waals surface area contributed by atoms with Gasteiger partial charge in [-0.15, -0.1) is 0 Å². The molecule has 6 heteroatoms. The molecule has 0 aromatic heterocycles. The van der Waals surface area contributed by atoms with Gasteiger partial charge in [0.1, 0.15) is 0 Å². The molecule has 0 unspecified atom stereocenters. The van der Waals surface area contributed by atoms with Crippen LogP contribution in [0.1, 0.15) is 32.6 Å². The van der Waals surface area contributed by atoms with Crippen LogP contribution in [0.2, 0.25) is 0 Å². The van der Waals surface area contributed by atoms with E-state index in [0.29, 0.717) is 6.42 Å². The third kappa shape index (κ3) is 17.1. The second-order valence-corrected chi connectivity index (χ2v) is 3.92. The van der Waals surface area contributed by atoms with Crippen LogP contribution in [0.5, 0.6) is 0 Å². The molecule has 0 fully saturated rings. The summed E-state index contributed by atoms with van der Waals surface area (Å²) in [7, 11) is -3.70. The molecule has 0 rings (SSSR count). The summed E-state index contributed by atoms with van der Waals surface area (Å²) < 4.78 is 28.6. The summed E-state index contributed by atoms with van der Waals surface area (Å²) in [5.41, 5.74) is 0. The van der Waals surface area contributed by atoms with Crippen molar-refractivity contribution in [3.8, 4) is 0 Å². The van der Waals surface area contributed by atoms with Crippen molar-refractivity contribution in [2.24, 2.45) is 0 Å². The van der Waals surface area contributed by atoms with Crippen molar-refractivity contribution in [3.05, 3.63) is 0 Å². The van der Waals surface area contributed by atoms with Gasteiger partial charge in [-0.1, -0.05) is 26.2 Å². The van der Waals surface area contributed by atoms with Gasteiger partial charge in [0, 0.05) is 0 Å². The van der Waals surface area contributed by atoms with Gasteiger partial charge in [-0.05, 0) is 6.42 Å². The summed E-state index contributed by atoms with van der Waals surface area (Å²) in [5, 5.41) is 0. The zero-order valence-electron chi connectivity index (χ0n) is 6.71. The zero-order valence-corrected chi connectivity index (χ0v) is 7.52. The van der Waals surface area contributed by atoms with Gasteiger partial charge in [-0.3, -0.25) is 4.55 Å². The Kier molecular flexibility index (Phi) is 15.4. The molecule has 0 amide bonds. The molecule has 0 saturated heterocycles. The molecule has 0 aliphatic rings. The van der Waals surface area contributed by atoms with Crippen LogP contribution in [0.15, 0.2) is 0 Å². The van der Waals surface area contributed by atoms with Crippen molar-refractivity contribution in [3.63, 3.8) is 0 Å². The van der Waals surface area contributed by atoms with Gasteiger partial charge in [0.05, 0.1) is 5.75 Å². The maximum absolute atomic E-state index is 10.1. The van der Waals surface area contributed by atoms with Crippen LogP contribution < -0.4 is 0 Å². The summed E-state index contributed by atoms with van der Waals surface area (Å²) in [6, 6.07) is 0. The Bertz CT molecular complexity index is 166. The van der Waals surface area contributed by atoms with E-state index in [-0.39, 0.29) is 40.8 Å². The fourth-order valence-electron chi connectivity index (χ4n) is 0.711. The Morgan fingerprint density at radius 2 is 1.67 bits per heavy atom. The van der Waals surface area contributed by atoms with Crippen molar-refractivity contribution in [1.82, 2.24) is 0 Å². The monoisotopic (exact) mass is 208 g/mol. The van der Waals surface area contributed by atoms with Crippen LogP contribution >= 0.6 is 0 Å². The van der Waals surface area contributed by atoms with E-state index in [2.05, 4.69) is 0 Å². The topological polar surface area (TPSA) is 85.9 Å². The van der Waals surface area contributed by atoms with Gasteiger partial charge in [0.2, 0.25) is 0 Å². The normalized spacial score (nSPS) is 9.83. The van der Waals surface area contributed by atoms with Crippen LogP contribution in [0.25, 0.3) is 0 Å². The van der Waals surface area contributed by atoms with E-state index in [9.17, 15) is 8.42 Å². The van der Waals surface area contributed by atoms with Gasteiger partial charge in [0.25, 0.3) is 10.1 Å². The van der Waals surface area contributed by atoms with Crippen LogP contribution in [-0.4, -0.2) is 53.8 Å². The first-order valence-electron chi connectivity index (χ1n) is 3.51. The molecule has 0 radical (unpaired) electrons. The predicted molar refractivity (Wildman–Crippen MR) is 51.3 cm³/mol. The van der Waals surface area contributed by atoms with Crippen molar-refractivity contribution in [1.29, 1.82) is 0 Å². The zero-order chi connectivity index (χ0) is 8.04. The molecule has 0 spiro atoms. The molecular weight excluding hydrogens is 191 g/mol. The molecule has 4 nitrogen and oxygen atoms in total. The first kappa shape index (κ1) is 18.6. The minimum absolute atomic E-state index is 0. The molecule has 3 N–H and O–H groups in total. The number of unbranched alkanes of at least 4 members (excludes halogenated alkanes) is 3. The van der Waals surface area contributed by atoms with E-state index in [1.807, 2.05) is 6.92 Å². The molecule has 0 aliphatic heterocycles.